The van der Waals surface area contributed by atoms with Crippen molar-refractivity contribution in [3.8, 4) is 11.5 Å². The summed E-state index contributed by atoms with van der Waals surface area (Å²) in [6.45, 7) is 5.39. The summed E-state index contributed by atoms with van der Waals surface area (Å²) in [7, 11) is -2.37. The molecule has 0 aliphatic heterocycles. The molecule has 0 unspecified atom stereocenters. The number of aromatic hydroxyl groups is 1. The Labute approximate surface area is 141 Å². The zero-order chi connectivity index (χ0) is 17.9. The minimum Gasteiger partial charge on any atom is -0.504 e. The molecule has 0 aromatic heterocycles. The predicted molar refractivity (Wildman–Crippen MR) is 93.2 cm³/mol. The summed E-state index contributed by atoms with van der Waals surface area (Å²) < 4.78 is 29.9. The largest absolute Gasteiger partial charge is 0.504 e. The maximum absolute atomic E-state index is 12.5. The van der Waals surface area contributed by atoms with Gasteiger partial charge in [-0.2, -0.15) is 13.5 Å². The van der Waals surface area contributed by atoms with Crippen molar-refractivity contribution in [2.24, 2.45) is 5.10 Å². The van der Waals surface area contributed by atoms with Gasteiger partial charge in [0.15, 0.2) is 11.5 Å². The summed E-state index contributed by atoms with van der Waals surface area (Å²) in [5.74, 6) is 0.178. The first-order chi connectivity index (χ1) is 11.3. The second kappa shape index (κ2) is 6.92. The van der Waals surface area contributed by atoms with Crippen LogP contribution < -0.4 is 9.57 Å². The lowest BCUT2D eigenvalue weighted by Gasteiger charge is -2.11. The SMILES string of the molecule is COc1cccc(/C=N\NS(=O)(=O)c2c(C)cc(C)cc2C)c1O. The summed E-state index contributed by atoms with van der Waals surface area (Å²) in [6, 6.07) is 8.47. The van der Waals surface area contributed by atoms with Crippen LogP contribution >= 0.6 is 0 Å². The van der Waals surface area contributed by atoms with Crippen LogP contribution in [-0.2, 0) is 10.0 Å². The molecule has 128 valence electrons. The third kappa shape index (κ3) is 3.68. The summed E-state index contributed by atoms with van der Waals surface area (Å²) in [5.41, 5.74) is 2.64. The molecular weight excluding hydrogens is 328 g/mol. The number of nitrogens with zero attached hydrogens (tertiary/aromatic N) is 1. The minimum atomic E-state index is -3.80. The van der Waals surface area contributed by atoms with E-state index in [4.69, 9.17) is 4.74 Å². The van der Waals surface area contributed by atoms with Gasteiger partial charge in [-0.25, -0.2) is 4.83 Å². The van der Waals surface area contributed by atoms with Gasteiger partial charge in [0, 0.05) is 5.56 Å². The number of hydrazone groups is 1. The van der Waals surface area contributed by atoms with Crippen molar-refractivity contribution in [2.75, 3.05) is 7.11 Å². The third-order valence-corrected chi connectivity index (χ3v) is 5.03. The highest BCUT2D eigenvalue weighted by molar-refractivity contribution is 7.89. The Hall–Kier alpha value is -2.54. The molecule has 24 heavy (non-hydrogen) atoms. The molecule has 0 saturated heterocycles. The van der Waals surface area contributed by atoms with Crippen molar-refractivity contribution in [1.82, 2.24) is 4.83 Å². The smallest absolute Gasteiger partial charge is 0.277 e. The van der Waals surface area contributed by atoms with E-state index in [-0.39, 0.29) is 16.4 Å². The molecule has 0 atom stereocenters. The van der Waals surface area contributed by atoms with Crippen LogP contribution in [0.1, 0.15) is 22.3 Å². The standard InChI is InChI=1S/C17H20N2O4S/c1-11-8-12(2)17(13(3)9-11)24(21,22)19-18-10-14-6-5-7-15(23-4)16(14)20/h5-10,19-20H,1-4H3/b18-10-. The Bertz CT molecular complexity index is 866. The maximum Gasteiger partial charge on any atom is 0.277 e. The van der Waals surface area contributed by atoms with E-state index in [2.05, 4.69) is 9.93 Å². The summed E-state index contributed by atoms with van der Waals surface area (Å²) >= 11 is 0. The first-order valence-corrected chi connectivity index (χ1v) is 8.73. The molecule has 2 rings (SSSR count). The number of para-hydroxylation sites is 1. The van der Waals surface area contributed by atoms with Gasteiger partial charge in [0.05, 0.1) is 18.2 Å². The van der Waals surface area contributed by atoms with Gasteiger partial charge in [0.2, 0.25) is 0 Å². The van der Waals surface area contributed by atoms with Gasteiger partial charge in [-0.15, -0.1) is 0 Å². The maximum atomic E-state index is 12.5. The number of phenolic OH excluding ortho intramolecular Hbond substituents is 1. The van der Waals surface area contributed by atoms with Crippen molar-refractivity contribution >= 4 is 16.2 Å². The molecule has 2 aromatic rings. The molecule has 0 amide bonds. The Morgan fingerprint density at radius 2 is 1.79 bits per heavy atom. The Kier molecular flexibility index (Phi) is 5.14. The number of hydrogen-bond donors (Lipinski definition) is 2. The molecule has 2 N–H and O–H groups in total. The molecule has 0 saturated carbocycles. The minimum absolute atomic E-state index is 0.106. The van der Waals surface area contributed by atoms with Crippen LogP contribution in [-0.4, -0.2) is 26.8 Å². The van der Waals surface area contributed by atoms with E-state index < -0.39 is 10.0 Å². The molecule has 0 aliphatic rings. The summed E-state index contributed by atoms with van der Waals surface area (Å²) in [5, 5.41) is 13.7. The number of sulfonamides is 1. The van der Waals surface area contributed by atoms with Crippen molar-refractivity contribution in [1.29, 1.82) is 0 Å². The number of aryl methyl sites for hydroxylation is 3. The molecule has 0 bridgehead atoms. The molecule has 0 heterocycles. The number of methoxy groups -OCH3 is 1. The molecule has 0 spiro atoms. The fourth-order valence-corrected chi connectivity index (χ4v) is 3.86. The van der Waals surface area contributed by atoms with Gasteiger partial charge in [-0.1, -0.05) is 23.8 Å². The second-order valence-electron chi connectivity index (χ2n) is 5.48. The number of nitrogens with one attached hydrogen (secondary N) is 1. The van der Waals surface area contributed by atoms with Crippen molar-refractivity contribution in [3.05, 3.63) is 52.6 Å². The fraction of sp³-hybridized carbons (Fsp3) is 0.235. The molecular formula is C17H20N2O4S. The number of benzene rings is 2. The van der Waals surface area contributed by atoms with Crippen molar-refractivity contribution in [2.45, 2.75) is 25.7 Å². The Morgan fingerprint density at radius 3 is 2.38 bits per heavy atom. The lowest BCUT2D eigenvalue weighted by molar-refractivity contribution is 0.373. The molecule has 2 aromatic carbocycles. The second-order valence-corrected chi connectivity index (χ2v) is 7.08. The highest BCUT2D eigenvalue weighted by Crippen LogP contribution is 2.28. The predicted octanol–water partition coefficient (Wildman–Crippen LogP) is 2.64. The monoisotopic (exact) mass is 348 g/mol. The first-order valence-electron chi connectivity index (χ1n) is 7.25. The van der Waals surface area contributed by atoms with Gasteiger partial charge < -0.3 is 9.84 Å². The number of rotatable bonds is 5. The van der Waals surface area contributed by atoms with E-state index in [1.54, 1.807) is 44.2 Å². The molecule has 0 radical (unpaired) electrons. The van der Waals surface area contributed by atoms with Crippen LogP contribution in [0.15, 0.2) is 40.3 Å². The molecule has 0 aliphatic carbocycles. The van der Waals surface area contributed by atoms with Crippen LogP contribution in [0, 0.1) is 20.8 Å². The van der Waals surface area contributed by atoms with E-state index >= 15 is 0 Å². The molecule has 6 nitrogen and oxygen atoms in total. The molecule has 7 heteroatoms. The average molecular weight is 348 g/mol. The lowest BCUT2D eigenvalue weighted by atomic mass is 10.1. The van der Waals surface area contributed by atoms with Crippen LogP contribution in [0.5, 0.6) is 11.5 Å². The van der Waals surface area contributed by atoms with Gasteiger partial charge in [0.1, 0.15) is 0 Å². The van der Waals surface area contributed by atoms with Crippen LogP contribution in [0.3, 0.4) is 0 Å². The quantitative estimate of drug-likeness (QED) is 0.642. The normalized spacial score (nSPS) is 11.7. The van der Waals surface area contributed by atoms with Gasteiger partial charge in [-0.3, -0.25) is 0 Å². The van der Waals surface area contributed by atoms with Gasteiger partial charge in [-0.05, 0) is 44.0 Å². The van der Waals surface area contributed by atoms with Crippen molar-refractivity contribution < 1.29 is 18.3 Å². The van der Waals surface area contributed by atoms with Crippen LogP contribution in [0.2, 0.25) is 0 Å². The van der Waals surface area contributed by atoms with E-state index in [0.717, 1.165) is 5.56 Å². The zero-order valence-electron chi connectivity index (χ0n) is 14.0. The van der Waals surface area contributed by atoms with Gasteiger partial charge >= 0.3 is 0 Å². The lowest BCUT2D eigenvalue weighted by Crippen LogP contribution is -2.20. The Morgan fingerprint density at radius 1 is 1.17 bits per heavy atom. The highest BCUT2D eigenvalue weighted by Gasteiger charge is 2.19. The number of phenols is 1. The van der Waals surface area contributed by atoms with E-state index in [1.165, 1.54) is 13.3 Å². The third-order valence-electron chi connectivity index (χ3n) is 3.50. The first kappa shape index (κ1) is 17.8. The number of ether oxygens (including phenoxy) is 1. The topological polar surface area (TPSA) is 88.0 Å². The fourth-order valence-electron chi connectivity index (χ4n) is 2.61. The summed E-state index contributed by atoms with van der Waals surface area (Å²) in [4.78, 5) is 2.39. The zero-order valence-corrected chi connectivity index (χ0v) is 14.8. The van der Waals surface area contributed by atoms with E-state index in [1.807, 2.05) is 6.92 Å². The number of hydrogen-bond acceptors (Lipinski definition) is 5. The summed E-state index contributed by atoms with van der Waals surface area (Å²) in [6.07, 6.45) is 1.23. The van der Waals surface area contributed by atoms with E-state index in [0.29, 0.717) is 16.7 Å². The van der Waals surface area contributed by atoms with Gasteiger partial charge in [0.25, 0.3) is 10.0 Å². The average Bonchev–Trinajstić information content (AvgIpc) is 2.47. The Balaban J connectivity index is 2.29. The van der Waals surface area contributed by atoms with Crippen molar-refractivity contribution in [3.63, 3.8) is 0 Å². The van der Waals surface area contributed by atoms with Crippen LogP contribution in [0.25, 0.3) is 0 Å². The highest BCUT2D eigenvalue weighted by atomic mass is 32.2. The molecule has 0 fully saturated rings. The van der Waals surface area contributed by atoms with E-state index in [9.17, 15) is 13.5 Å². The van der Waals surface area contributed by atoms with Crippen LogP contribution in [0.4, 0.5) is 0 Å².